The molecule has 6 rings (SSSR count). The van der Waals surface area contributed by atoms with Crippen molar-refractivity contribution in [2.75, 3.05) is 27.3 Å². The molecule has 1 aliphatic carbocycles. The van der Waals surface area contributed by atoms with Gasteiger partial charge in [-0.25, -0.2) is 4.72 Å². The number of amides is 1. The maximum Gasteiger partial charge on any atom is 0.313 e. The number of hydrogen-bond acceptors (Lipinski definition) is 6. The number of hydrogen-bond donors (Lipinski definition) is 1. The summed E-state index contributed by atoms with van der Waals surface area (Å²) in [5.41, 5.74) is 4.54. The Balaban J connectivity index is 1.57. The summed E-state index contributed by atoms with van der Waals surface area (Å²) in [4.78, 5) is 26.5. The number of ether oxygens (including phenoxy) is 2. The van der Waals surface area contributed by atoms with Gasteiger partial charge in [0, 0.05) is 41.7 Å². The Labute approximate surface area is 241 Å². The van der Waals surface area contributed by atoms with Crippen LogP contribution in [0.15, 0.2) is 36.4 Å². The van der Waals surface area contributed by atoms with Gasteiger partial charge in [0.15, 0.2) is 0 Å². The largest absolute Gasteiger partial charge is 0.497 e. The van der Waals surface area contributed by atoms with Crippen molar-refractivity contribution in [3.8, 4) is 17.0 Å². The molecule has 3 heterocycles. The first kappa shape index (κ1) is 27.8. The quantitative estimate of drug-likeness (QED) is 0.422. The van der Waals surface area contributed by atoms with E-state index in [9.17, 15) is 18.0 Å². The third-order valence-corrected chi connectivity index (χ3v) is 10.6. The summed E-state index contributed by atoms with van der Waals surface area (Å²) in [5, 5.41) is 1.03. The van der Waals surface area contributed by atoms with Crippen LogP contribution in [0.2, 0.25) is 0 Å². The van der Waals surface area contributed by atoms with Gasteiger partial charge in [-0.1, -0.05) is 25.3 Å². The Bertz CT molecular complexity index is 1630. The highest BCUT2D eigenvalue weighted by atomic mass is 32.2. The second-order valence-corrected chi connectivity index (χ2v) is 13.5. The average Bonchev–Trinajstić information content (AvgIpc) is 3.16. The molecule has 3 aliphatic rings. The van der Waals surface area contributed by atoms with E-state index in [1.54, 1.807) is 19.2 Å². The van der Waals surface area contributed by atoms with Crippen LogP contribution < -0.4 is 9.46 Å². The van der Waals surface area contributed by atoms with Crippen molar-refractivity contribution in [3.63, 3.8) is 0 Å². The van der Waals surface area contributed by atoms with Gasteiger partial charge in [-0.05, 0) is 80.0 Å². The van der Waals surface area contributed by atoms with Crippen LogP contribution in [0.4, 0.5) is 0 Å². The third kappa shape index (κ3) is 4.80. The topological polar surface area (TPSA) is 107 Å². The van der Waals surface area contributed by atoms with Crippen molar-refractivity contribution < 1.29 is 27.5 Å². The number of rotatable bonds is 6. The van der Waals surface area contributed by atoms with E-state index in [0.29, 0.717) is 32.0 Å². The maximum absolute atomic E-state index is 13.3. The summed E-state index contributed by atoms with van der Waals surface area (Å²) in [6, 6.07) is 11.5. The molecule has 1 atom stereocenters. The fraction of sp³-hybridized carbons (Fsp3) is 0.484. The van der Waals surface area contributed by atoms with Gasteiger partial charge in [0.25, 0.3) is 5.91 Å². The highest BCUT2D eigenvalue weighted by Crippen LogP contribution is 2.49. The van der Waals surface area contributed by atoms with E-state index in [0.717, 1.165) is 65.6 Å². The number of fused-ring (bicyclic) bond motifs is 5. The molecule has 1 saturated carbocycles. The molecule has 0 spiro atoms. The van der Waals surface area contributed by atoms with E-state index in [1.165, 1.54) is 23.4 Å². The highest BCUT2D eigenvalue weighted by Gasteiger charge is 2.41. The number of methoxy groups -OCH3 is 2. The lowest BCUT2D eigenvalue weighted by atomic mass is 9.80. The molecule has 9 nitrogen and oxygen atoms in total. The highest BCUT2D eigenvalue weighted by molar-refractivity contribution is 7.87. The predicted molar refractivity (Wildman–Crippen MR) is 156 cm³/mol. The number of aromatic nitrogens is 1. The molecule has 218 valence electrons. The second kappa shape index (κ2) is 10.5. The van der Waals surface area contributed by atoms with Crippen LogP contribution >= 0.6 is 0 Å². The standard InChI is InChI=1S/C31H37N3O6S/c1-31(30(36)40-3)18-22-16-23(39-2)11-13-24(22)28-27(20-8-5-4-6-9-20)25-12-10-21(17-26(25)34(28)19-31)29(35)32-41(37,38)33-14-7-15-33/h10-13,16-17,20H,4-9,14-15,18-19H2,1-3H3,(H,32,35). The summed E-state index contributed by atoms with van der Waals surface area (Å²) < 4.78 is 41.8. The van der Waals surface area contributed by atoms with Gasteiger partial charge < -0.3 is 14.0 Å². The summed E-state index contributed by atoms with van der Waals surface area (Å²) in [6.07, 6.45) is 6.92. The van der Waals surface area contributed by atoms with Gasteiger partial charge in [-0.3, -0.25) is 9.59 Å². The minimum absolute atomic E-state index is 0.260. The molecule has 10 heteroatoms. The zero-order chi connectivity index (χ0) is 28.9. The number of esters is 1. The van der Waals surface area contributed by atoms with E-state index < -0.39 is 21.5 Å². The van der Waals surface area contributed by atoms with E-state index in [1.807, 2.05) is 25.1 Å². The number of carbonyl (C=O) groups is 2. The lowest BCUT2D eigenvalue weighted by Gasteiger charge is -2.29. The van der Waals surface area contributed by atoms with Gasteiger partial charge >= 0.3 is 16.2 Å². The van der Waals surface area contributed by atoms with Crippen LogP contribution in [0.1, 0.15) is 72.9 Å². The molecule has 2 aliphatic heterocycles. The van der Waals surface area contributed by atoms with Crippen molar-refractivity contribution in [2.45, 2.75) is 64.3 Å². The van der Waals surface area contributed by atoms with Crippen molar-refractivity contribution in [3.05, 3.63) is 53.1 Å². The predicted octanol–water partition coefficient (Wildman–Crippen LogP) is 4.78. The second-order valence-electron chi connectivity index (χ2n) is 11.9. The fourth-order valence-corrected chi connectivity index (χ4v) is 8.05. The van der Waals surface area contributed by atoms with Crippen LogP contribution in [-0.4, -0.2) is 56.5 Å². The SMILES string of the molecule is COC(=O)C1(C)Cc2cc(OC)ccc2-c2c(C3CCCCC3)c3ccc(C(=O)NS(=O)(=O)N4CCC4)cc3n2C1. The zero-order valence-electron chi connectivity index (χ0n) is 23.9. The molecular formula is C31H37N3O6S. The van der Waals surface area contributed by atoms with Crippen molar-refractivity contribution in [1.82, 2.24) is 13.6 Å². The maximum atomic E-state index is 13.3. The van der Waals surface area contributed by atoms with E-state index in [-0.39, 0.29) is 11.5 Å². The van der Waals surface area contributed by atoms with E-state index in [4.69, 9.17) is 9.47 Å². The monoisotopic (exact) mass is 579 g/mol. The van der Waals surface area contributed by atoms with Crippen LogP contribution in [0.25, 0.3) is 22.2 Å². The van der Waals surface area contributed by atoms with Crippen molar-refractivity contribution in [1.29, 1.82) is 0 Å². The molecule has 41 heavy (non-hydrogen) atoms. The Hall–Kier alpha value is -3.37. The molecule has 1 aromatic heterocycles. The molecule has 2 aromatic carbocycles. The van der Waals surface area contributed by atoms with E-state index >= 15 is 0 Å². The summed E-state index contributed by atoms with van der Waals surface area (Å²) in [6.45, 7) is 3.09. The van der Waals surface area contributed by atoms with Crippen LogP contribution in [0, 0.1) is 5.41 Å². The first-order valence-electron chi connectivity index (χ1n) is 14.4. The van der Waals surface area contributed by atoms with Gasteiger partial charge in [0.05, 0.1) is 25.3 Å². The molecule has 0 bridgehead atoms. The average molecular weight is 580 g/mol. The van der Waals surface area contributed by atoms with Gasteiger partial charge in [-0.2, -0.15) is 12.7 Å². The number of nitrogens with one attached hydrogen (secondary N) is 1. The Morgan fingerprint density at radius 3 is 2.41 bits per heavy atom. The molecule has 1 saturated heterocycles. The summed E-state index contributed by atoms with van der Waals surface area (Å²) in [5.74, 6) is 0.0892. The fourth-order valence-electron chi connectivity index (χ4n) is 6.83. The molecule has 2 fully saturated rings. The summed E-state index contributed by atoms with van der Waals surface area (Å²) >= 11 is 0. The normalized spacial score (nSPS) is 21.3. The molecule has 1 amide bonds. The first-order chi connectivity index (χ1) is 19.6. The van der Waals surface area contributed by atoms with Crippen molar-refractivity contribution >= 4 is 33.0 Å². The lowest BCUT2D eigenvalue weighted by molar-refractivity contribution is -0.152. The first-order valence-corrected chi connectivity index (χ1v) is 15.8. The van der Waals surface area contributed by atoms with Crippen LogP contribution in [0.3, 0.4) is 0 Å². The Morgan fingerprint density at radius 2 is 1.76 bits per heavy atom. The number of benzene rings is 2. The molecule has 1 N–H and O–H groups in total. The van der Waals surface area contributed by atoms with Crippen LogP contribution in [0.5, 0.6) is 5.75 Å². The molecular weight excluding hydrogens is 542 g/mol. The molecule has 3 aromatic rings. The third-order valence-electron chi connectivity index (χ3n) is 9.09. The lowest BCUT2D eigenvalue weighted by Crippen LogP contribution is -2.49. The molecule has 0 radical (unpaired) electrons. The smallest absolute Gasteiger partial charge is 0.313 e. The number of nitrogens with zero attached hydrogens (tertiary/aromatic N) is 2. The summed E-state index contributed by atoms with van der Waals surface area (Å²) in [7, 11) is -0.838. The molecule has 1 unspecified atom stereocenters. The van der Waals surface area contributed by atoms with Gasteiger partial charge in [0.1, 0.15) is 5.75 Å². The van der Waals surface area contributed by atoms with Gasteiger partial charge in [-0.15, -0.1) is 0 Å². The Kier molecular flexibility index (Phi) is 7.10. The van der Waals surface area contributed by atoms with Crippen LogP contribution in [-0.2, 0) is 32.7 Å². The number of carbonyl (C=O) groups excluding carboxylic acids is 2. The van der Waals surface area contributed by atoms with E-state index in [2.05, 4.69) is 15.4 Å². The van der Waals surface area contributed by atoms with Crippen molar-refractivity contribution in [2.24, 2.45) is 5.41 Å². The Morgan fingerprint density at radius 1 is 1.00 bits per heavy atom. The zero-order valence-corrected chi connectivity index (χ0v) is 24.7. The minimum Gasteiger partial charge on any atom is -0.497 e. The van der Waals surface area contributed by atoms with Gasteiger partial charge in [0.2, 0.25) is 0 Å². The minimum atomic E-state index is -3.89.